The van der Waals surface area contributed by atoms with Crippen molar-refractivity contribution in [3.8, 4) is 0 Å². The number of esters is 1. The van der Waals surface area contributed by atoms with Crippen LogP contribution in [-0.4, -0.2) is 17.7 Å². The Morgan fingerprint density at radius 1 is 0.897 bits per heavy atom. The van der Waals surface area contributed by atoms with Crippen LogP contribution in [-0.2, 0) is 4.74 Å². The lowest BCUT2D eigenvalue weighted by molar-refractivity contribution is 0.0448. The molecule has 168 valence electrons. The van der Waals surface area contributed by atoms with Crippen LogP contribution in [0.4, 0.5) is 0 Å². The first-order valence-electron chi connectivity index (χ1n) is 12.0. The van der Waals surface area contributed by atoms with Gasteiger partial charge in [-0.1, -0.05) is 91.4 Å². The number of rotatable bonds is 18. The number of hydrogen-bond donors (Lipinski definition) is 1. The predicted molar refractivity (Wildman–Crippen MR) is 119 cm³/mol. The lowest BCUT2D eigenvalue weighted by atomic mass is 10.0. The van der Waals surface area contributed by atoms with Crippen LogP contribution in [0.25, 0.3) is 0 Å². The number of aliphatic hydroxyl groups excluding tert-OH is 1. The molecule has 0 radical (unpaired) electrons. The summed E-state index contributed by atoms with van der Waals surface area (Å²) < 4.78 is 10.7. The van der Waals surface area contributed by atoms with E-state index in [1.807, 2.05) is 0 Å². The molecule has 4 heteroatoms. The van der Waals surface area contributed by atoms with E-state index >= 15 is 0 Å². The van der Waals surface area contributed by atoms with E-state index in [1.165, 1.54) is 57.8 Å². The Hall–Kier alpha value is -1.29. The molecule has 0 aliphatic rings. The number of ether oxygens (including phenoxy) is 1. The average molecular weight is 409 g/mol. The number of carbonyl (C=O) groups is 1. The van der Waals surface area contributed by atoms with Gasteiger partial charge in [-0.25, -0.2) is 4.79 Å². The van der Waals surface area contributed by atoms with Crippen LogP contribution in [0.5, 0.6) is 0 Å². The molecule has 1 aromatic heterocycles. The monoisotopic (exact) mass is 408 g/mol. The molecule has 1 rings (SSSR count). The molecule has 0 bridgehead atoms. The molecule has 0 aromatic carbocycles. The van der Waals surface area contributed by atoms with Crippen molar-refractivity contribution in [3.05, 3.63) is 23.7 Å². The molecule has 0 aliphatic heterocycles. The first kappa shape index (κ1) is 25.7. The van der Waals surface area contributed by atoms with Crippen LogP contribution >= 0.6 is 0 Å². The lowest BCUT2D eigenvalue weighted by Crippen LogP contribution is -2.06. The predicted octanol–water partition coefficient (Wildman–Crippen LogP) is 7.61. The Labute approximate surface area is 178 Å². The Morgan fingerprint density at radius 3 is 2.07 bits per heavy atom. The number of aliphatic hydroxyl groups is 1. The zero-order valence-corrected chi connectivity index (χ0v) is 19.1. The molecule has 0 amide bonds. The van der Waals surface area contributed by atoms with Gasteiger partial charge in [0.2, 0.25) is 5.76 Å². The third kappa shape index (κ3) is 12.8. The highest BCUT2D eigenvalue weighted by atomic mass is 16.5. The second-order valence-corrected chi connectivity index (χ2v) is 8.71. The summed E-state index contributed by atoms with van der Waals surface area (Å²) in [5.74, 6) is 0.810. The molecular formula is C25H44O4. The van der Waals surface area contributed by atoms with Gasteiger partial charge in [0.15, 0.2) is 0 Å². The molecule has 29 heavy (non-hydrogen) atoms. The van der Waals surface area contributed by atoms with E-state index in [4.69, 9.17) is 9.15 Å². The summed E-state index contributed by atoms with van der Waals surface area (Å²) in [4.78, 5) is 12.0. The van der Waals surface area contributed by atoms with E-state index in [2.05, 4.69) is 20.8 Å². The topological polar surface area (TPSA) is 59.7 Å². The first-order valence-corrected chi connectivity index (χ1v) is 12.0. The Balaban J connectivity index is 2.08. The van der Waals surface area contributed by atoms with Crippen molar-refractivity contribution in [2.75, 3.05) is 6.61 Å². The summed E-state index contributed by atoms with van der Waals surface area (Å²) in [6, 6.07) is 3.29. The fourth-order valence-corrected chi connectivity index (χ4v) is 3.51. The summed E-state index contributed by atoms with van der Waals surface area (Å²) in [5, 5.41) is 10.3. The molecule has 1 heterocycles. The van der Waals surface area contributed by atoms with Crippen molar-refractivity contribution in [1.82, 2.24) is 0 Å². The minimum absolute atomic E-state index is 0.183. The molecule has 0 fully saturated rings. The van der Waals surface area contributed by atoms with Gasteiger partial charge in [-0.05, 0) is 37.3 Å². The summed E-state index contributed by atoms with van der Waals surface area (Å²) in [6.07, 6.45) is 16.1. The van der Waals surface area contributed by atoms with Gasteiger partial charge in [-0.3, -0.25) is 0 Å². The van der Waals surface area contributed by atoms with Gasteiger partial charge in [0.05, 0.1) is 6.61 Å². The lowest BCUT2D eigenvalue weighted by Gasteiger charge is -2.08. The third-order valence-corrected chi connectivity index (χ3v) is 5.40. The van der Waals surface area contributed by atoms with Crippen molar-refractivity contribution in [2.24, 2.45) is 5.92 Å². The van der Waals surface area contributed by atoms with Crippen LogP contribution in [0, 0.1) is 5.92 Å². The van der Waals surface area contributed by atoms with Gasteiger partial charge in [0.1, 0.15) is 11.9 Å². The third-order valence-electron chi connectivity index (χ3n) is 5.40. The van der Waals surface area contributed by atoms with Crippen LogP contribution in [0.15, 0.2) is 16.5 Å². The second-order valence-electron chi connectivity index (χ2n) is 8.71. The van der Waals surface area contributed by atoms with Crippen LogP contribution < -0.4 is 0 Å². The van der Waals surface area contributed by atoms with Crippen LogP contribution in [0.1, 0.15) is 133 Å². The van der Waals surface area contributed by atoms with Gasteiger partial charge in [0.25, 0.3) is 0 Å². The van der Waals surface area contributed by atoms with Crippen LogP contribution in [0.2, 0.25) is 0 Å². The quantitative estimate of drug-likeness (QED) is 0.200. The standard InChI is InChI=1S/C25H44O4/c1-4-5-6-7-8-9-10-11-12-13-14-17-22(26)23-18-19-24(29-23)25(27)28-20-15-16-21(2)3/h18-19,21-22,26H,4-17,20H2,1-3H3. The van der Waals surface area contributed by atoms with E-state index in [-0.39, 0.29) is 5.76 Å². The van der Waals surface area contributed by atoms with Gasteiger partial charge in [-0.2, -0.15) is 0 Å². The van der Waals surface area contributed by atoms with Crippen molar-refractivity contribution < 1.29 is 19.1 Å². The van der Waals surface area contributed by atoms with Gasteiger partial charge >= 0.3 is 5.97 Å². The second kappa shape index (κ2) is 16.5. The number of furan rings is 1. The maximum Gasteiger partial charge on any atom is 0.374 e. The molecule has 0 saturated heterocycles. The van der Waals surface area contributed by atoms with Crippen molar-refractivity contribution >= 4 is 5.97 Å². The van der Waals surface area contributed by atoms with E-state index < -0.39 is 12.1 Å². The molecule has 1 N–H and O–H groups in total. The first-order chi connectivity index (χ1) is 14.0. The fourth-order valence-electron chi connectivity index (χ4n) is 3.51. The minimum Gasteiger partial charge on any atom is -0.460 e. The highest BCUT2D eigenvalue weighted by Gasteiger charge is 2.17. The molecule has 0 spiro atoms. The Kier molecular flexibility index (Phi) is 14.6. The molecule has 0 saturated carbocycles. The summed E-state index contributed by atoms with van der Waals surface area (Å²) in [7, 11) is 0. The zero-order valence-electron chi connectivity index (χ0n) is 19.1. The van der Waals surface area contributed by atoms with E-state index in [9.17, 15) is 9.90 Å². The fraction of sp³-hybridized carbons (Fsp3) is 0.800. The molecule has 0 aliphatic carbocycles. The smallest absolute Gasteiger partial charge is 0.374 e. The number of unbranched alkanes of at least 4 members (excludes halogenated alkanes) is 10. The van der Waals surface area contributed by atoms with E-state index in [1.54, 1.807) is 12.1 Å². The highest BCUT2D eigenvalue weighted by Crippen LogP contribution is 2.23. The van der Waals surface area contributed by atoms with E-state index in [0.717, 1.165) is 25.7 Å². The SMILES string of the molecule is CCCCCCCCCCCCCC(O)c1ccc(C(=O)OCCCC(C)C)o1. The maximum atomic E-state index is 12.0. The molecule has 1 unspecified atom stereocenters. The maximum absolute atomic E-state index is 12.0. The van der Waals surface area contributed by atoms with Gasteiger partial charge in [0, 0.05) is 0 Å². The number of carbonyl (C=O) groups excluding carboxylic acids is 1. The summed E-state index contributed by atoms with van der Waals surface area (Å²) in [6.45, 7) is 6.97. The Bertz CT molecular complexity index is 521. The molecule has 4 nitrogen and oxygen atoms in total. The van der Waals surface area contributed by atoms with Crippen molar-refractivity contribution in [1.29, 1.82) is 0 Å². The normalized spacial score (nSPS) is 12.4. The van der Waals surface area contributed by atoms with Crippen molar-refractivity contribution in [2.45, 2.75) is 117 Å². The largest absolute Gasteiger partial charge is 0.460 e. The average Bonchev–Trinajstić information content (AvgIpc) is 3.19. The zero-order chi connectivity index (χ0) is 21.3. The van der Waals surface area contributed by atoms with Crippen molar-refractivity contribution in [3.63, 3.8) is 0 Å². The van der Waals surface area contributed by atoms with Gasteiger partial charge < -0.3 is 14.3 Å². The van der Waals surface area contributed by atoms with Crippen LogP contribution in [0.3, 0.4) is 0 Å². The minimum atomic E-state index is -0.643. The molecule has 1 atom stereocenters. The number of hydrogen-bond acceptors (Lipinski definition) is 4. The molecule has 1 aromatic rings. The van der Waals surface area contributed by atoms with E-state index in [0.29, 0.717) is 24.7 Å². The summed E-state index contributed by atoms with van der Waals surface area (Å²) >= 11 is 0. The summed E-state index contributed by atoms with van der Waals surface area (Å²) in [5.41, 5.74) is 0. The Morgan fingerprint density at radius 2 is 1.48 bits per heavy atom. The highest BCUT2D eigenvalue weighted by molar-refractivity contribution is 5.86. The van der Waals surface area contributed by atoms with Gasteiger partial charge in [-0.15, -0.1) is 0 Å². The molecular weight excluding hydrogens is 364 g/mol.